The minimum Gasteiger partial charge on any atom is -0.481 e. The molecule has 0 aliphatic carbocycles. The lowest BCUT2D eigenvalue weighted by atomic mass is 9.88. The molecule has 2 aromatic carbocycles. The van der Waals surface area contributed by atoms with E-state index in [1.54, 1.807) is 44.0 Å². The van der Waals surface area contributed by atoms with E-state index < -0.39 is 41.1 Å². The third-order valence-corrected chi connectivity index (χ3v) is 6.94. The topological polar surface area (TPSA) is 91.8 Å². The fraction of sp³-hybridized carbons (Fsp3) is 0.375. The number of carboxylic acids is 1. The summed E-state index contributed by atoms with van der Waals surface area (Å²) in [5.74, 6) is -1.62. The normalized spacial score (nSPS) is 17.9. The molecule has 0 fully saturated rings. The average molecular weight is 542 g/mol. The zero-order valence-electron chi connectivity index (χ0n) is 19.6. The molecule has 1 aliphatic heterocycles. The third-order valence-electron chi connectivity index (χ3n) is 5.68. The van der Waals surface area contributed by atoms with Crippen LogP contribution in [-0.2, 0) is 32.6 Å². The van der Waals surface area contributed by atoms with Gasteiger partial charge in [0.05, 0.1) is 39.8 Å². The van der Waals surface area contributed by atoms with E-state index in [4.69, 9.17) is 16.3 Å². The van der Waals surface area contributed by atoms with Crippen LogP contribution in [0.2, 0.25) is 5.02 Å². The summed E-state index contributed by atoms with van der Waals surface area (Å²) < 4.78 is 45.4. The fourth-order valence-electron chi connectivity index (χ4n) is 3.94. The van der Waals surface area contributed by atoms with Crippen LogP contribution in [-0.4, -0.2) is 28.6 Å². The van der Waals surface area contributed by atoms with Crippen molar-refractivity contribution in [2.45, 2.75) is 45.5 Å². The number of aromatic nitrogens is 1. The van der Waals surface area contributed by atoms with Gasteiger partial charge in [-0.05, 0) is 57.2 Å². The van der Waals surface area contributed by atoms with Crippen LogP contribution in [0.15, 0.2) is 36.4 Å². The van der Waals surface area contributed by atoms with Gasteiger partial charge in [0.1, 0.15) is 17.2 Å². The Labute approximate surface area is 213 Å². The van der Waals surface area contributed by atoms with E-state index in [9.17, 15) is 27.9 Å². The van der Waals surface area contributed by atoms with E-state index in [0.717, 1.165) is 12.1 Å². The van der Waals surface area contributed by atoms with Crippen LogP contribution in [0, 0.1) is 5.41 Å². The predicted octanol–water partition coefficient (Wildman–Crippen LogP) is 5.75. The molecule has 0 spiro atoms. The molecule has 192 valence electrons. The van der Waals surface area contributed by atoms with E-state index in [1.165, 1.54) is 17.4 Å². The van der Waals surface area contributed by atoms with Gasteiger partial charge in [-0.3, -0.25) is 9.59 Å². The highest BCUT2D eigenvalue weighted by Gasteiger charge is 2.46. The number of aliphatic carboxylic acids is 1. The van der Waals surface area contributed by atoms with Crippen molar-refractivity contribution < 1.29 is 32.6 Å². The lowest BCUT2D eigenvalue weighted by molar-refractivity contribution is -0.157. The molecule has 1 aliphatic rings. The number of ether oxygens (including phenoxy) is 1. The zero-order chi connectivity index (χ0) is 26.5. The molecule has 1 atom stereocenters. The van der Waals surface area contributed by atoms with Crippen molar-refractivity contribution in [3.8, 4) is 0 Å². The SMILES string of the molecule is CC(C)(C)C(=O)OCC1(CC(=O)O)NN(Cc2nc3cc(C(F)(F)F)ccc3s2)c2ccc(Cl)cc21. The molecule has 1 unspecified atom stereocenters. The average Bonchev–Trinajstić information content (AvgIpc) is 3.28. The first-order chi connectivity index (χ1) is 16.7. The highest BCUT2D eigenvalue weighted by molar-refractivity contribution is 7.18. The molecule has 0 saturated carbocycles. The van der Waals surface area contributed by atoms with Crippen molar-refractivity contribution in [1.82, 2.24) is 10.4 Å². The number of rotatable bonds is 6. The molecule has 0 amide bonds. The van der Waals surface area contributed by atoms with E-state index in [2.05, 4.69) is 10.4 Å². The number of hydrogen-bond donors (Lipinski definition) is 2. The molecular formula is C24H23ClF3N3O4S. The molecule has 2 N–H and O–H groups in total. The molecule has 7 nitrogen and oxygen atoms in total. The van der Waals surface area contributed by atoms with Crippen molar-refractivity contribution in [3.63, 3.8) is 0 Å². The molecular weight excluding hydrogens is 519 g/mol. The number of thiazole rings is 1. The van der Waals surface area contributed by atoms with Gasteiger partial charge < -0.3 is 14.9 Å². The minimum atomic E-state index is -4.48. The quantitative estimate of drug-likeness (QED) is 0.384. The number of nitrogens with one attached hydrogen (secondary N) is 1. The summed E-state index contributed by atoms with van der Waals surface area (Å²) in [5, 5.41) is 12.2. The standard InChI is InChI=1S/C24H23ClF3N3O4S/c1-22(2,3)21(34)35-12-23(10-20(32)33)15-9-14(25)5-6-17(15)31(30-23)11-19-29-16-8-13(24(26,27)28)4-7-18(16)36-19/h4-9,30H,10-12H2,1-3H3,(H,32,33). The zero-order valence-corrected chi connectivity index (χ0v) is 21.1. The number of carbonyl (C=O) groups is 2. The number of esters is 1. The van der Waals surface area contributed by atoms with Crippen molar-refractivity contribution in [1.29, 1.82) is 0 Å². The molecule has 0 saturated heterocycles. The second-order valence-electron chi connectivity index (χ2n) is 9.63. The summed E-state index contributed by atoms with van der Waals surface area (Å²) in [7, 11) is 0. The maximum absolute atomic E-state index is 13.1. The van der Waals surface area contributed by atoms with Crippen LogP contribution in [0.3, 0.4) is 0 Å². The van der Waals surface area contributed by atoms with Gasteiger partial charge in [0.25, 0.3) is 0 Å². The van der Waals surface area contributed by atoms with Gasteiger partial charge in [-0.15, -0.1) is 11.3 Å². The van der Waals surface area contributed by atoms with Gasteiger partial charge in [0, 0.05) is 10.6 Å². The lowest BCUT2D eigenvalue weighted by Gasteiger charge is -2.31. The Morgan fingerprint density at radius 1 is 1.19 bits per heavy atom. The summed E-state index contributed by atoms with van der Waals surface area (Å²) in [4.78, 5) is 28.7. The number of nitrogens with zero attached hydrogens (tertiary/aromatic N) is 2. The van der Waals surface area contributed by atoms with E-state index in [1.807, 2.05) is 0 Å². The van der Waals surface area contributed by atoms with Gasteiger partial charge in [-0.25, -0.2) is 10.4 Å². The van der Waals surface area contributed by atoms with Gasteiger partial charge in [0.15, 0.2) is 0 Å². The summed E-state index contributed by atoms with van der Waals surface area (Å²) in [6.45, 7) is 4.93. The summed E-state index contributed by atoms with van der Waals surface area (Å²) in [5.41, 5.74) is 1.62. The molecule has 3 aromatic rings. The highest BCUT2D eigenvalue weighted by Crippen LogP contribution is 2.43. The van der Waals surface area contributed by atoms with E-state index >= 15 is 0 Å². The van der Waals surface area contributed by atoms with Gasteiger partial charge in [-0.1, -0.05) is 11.6 Å². The van der Waals surface area contributed by atoms with E-state index in [0.29, 0.717) is 26.0 Å². The Balaban J connectivity index is 1.68. The van der Waals surface area contributed by atoms with Crippen LogP contribution in [0.5, 0.6) is 0 Å². The van der Waals surface area contributed by atoms with Crippen LogP contribution < -0.4 is 10.4 Å². The number of halogens is 4. The predicted molar refractivity (Wildman–Crippen MR) is 130 cm³/mol. The van der Waals surface area contributed by atoms with Crippen molar-refractivity contribution >= 4 is 50.8 Å². The second kappa shape index (κ2) is 9.20. The van der Waals surface area contributed by atoms with Crippen molar-refractivity contribution in [2.24, 2.45) is 5.41 Å². The van der Waals surface area contributed by atoms with Crippen LogP contribution >= 0.6 is 22.9 Å². The molecule has 0 radical (unpaired) electrons. The van der Waals surface area contributed by atoms with Crippen molar-refractivity contribution in [3.05, 3.63) is 57.6 Å². The number of benzene rings is 2. The van der Waals surface area contributed by atoms with Gasteiger partial charge in [0.2, 0.25) is 0 Å². The second-order valence-corrected chi connectivity index (χ2v) is 11.2. The number of hydrazine groups is 1. The van der Waals surface area contributed by atoms with Crippen molar-refractivity contribution in [2.75, 3.05) is 11.6 Å². The smallest absolute Gasteiger partial charge is 0.416 e. The summed E-state index contributed by atoms with van der Waals surface area (Å²) in [6.07, 6.45) is -4.89. The minimum absolute atomic E-state index is 0.129. The first-order valence-electron chi connectivity index (χ1n) is 10.9. The van der Waals surface area contributed by atoms with Crippen LogP contribution in [0.1, 0.15) is 43.3 Å². The monoisotopic (exact) mass is 541 g/mol. The summed E-state index contributed by atoms with van der Waals surface area (Å²) in [6, 6.07) is 8.35. The Morgan fingerprint density at radius 3 is 2.56 bits per heavy atom. The van der Waals surface area contributed by atoms with Crippen LogP contribution in [0.25, 0.3) is 10.2 Å². The molecule has 0 bridgehead atoms. The van der Waals surface area contributed by atoms with Gasteiger partial charge >= 0.3 is 18.1 Å². The lowest BCUT2D eigenvalue weighted by Crippen LogP contribution is -2.50. The molecule has 4 rings (SSSR count). The van der Waals surface area contributed by atoms with E-state index in [-0.39, 0.29) is 18.7 Å². The fourth-order valence-corrected chi connectivity index (χ4v) is 5.05. The Hall–Kier alpha value is -2.89. The van der Waals surface area contributed by atoms with Gasteiger partial charge in [-0.2, -0.15) is 13.2 Å². The number of anilines is 1. The molecule has 2 heterocycles. The largest absolute Gasteiger partial charge is 0.481 e. The molecule has 1 aromatic heterocycles. The summed E-state index contributed by atoms with van der Waals surface area (Å²) >= 11 is 7.46. The highest BCUT2D eigenvalue weighted by atomic mass is 35.5. The first kappa shape index (κ1) is 26.2. The van der Waals surface area contributed by atoms with Crippen LogP contribution in [0.4, 0.5) is 18.9 Å². The first-order valence-corrected chi connectivity index (χ1v) is 12.1. The Morgan fingerprint density at radius 2 is 1.92 bits per heavy atom. The number of carboxylic acid groups (broad SMARTS) is 1. The third kappa shape index (κ3) is 5.28. The number of hydrogen-bond acceptors (Lipinski definition) is 7. The maximum atomic E-state index is 13.1. The Kier molecular flexibility index (Phi) is 6.69. The molecule has 12 heteroatoms. The maximum Gasteiger partial charge on any atom is 0.416 e. The number of carbonyl (C=O) groups excluding carboxylic acids is 1. The molecule has 36 heavy (non-hydrogen) atoms. The number of alkyl halides is 3. The Bertz CT molecular complexity index is 1340. The number of fused-ring (bicyclic) bond motifs is 2.